The van der Waals surface area contributed by atoms with Gasteiger partial charge in [0.2, 0.25) is 5.91 Å². The number of amides is 2. The van der Waals surface area contributed by atoms with Gasteiger partial charge in [0.05, 0.1) is 6.04 Å². The third-order valence-corrected chi connectivity index (χ3v) is 6.25. The monoisotopic (exact) mass is 346 g/mol. The second-order valence-electron chi connectivity index (χ2n) is 7.87. The summed E-state index contributed by atoms with van der Waals surface area (Å²) in [5.74, 6) is 0.447. The van der Waals surface area contributed by atoms with Crippen molar-refractivity contribution in [2.75, 3.05) is 13.2 Å². The molecule has 3 rings (SSSR count). The van der Waals surface area contributed by atoms with Gasteiger partial charge in [-0.2, -0.15) is 0 Å². The van der Waals surface area contributed by atoms with Crippen LogP contribution in [0.15, 0.2) is 23.8 Å². The second kappa shape index (κ2) is 7.32. The van der Waals surface area contributed by atoms with Gasteiger partial charge in [-0.05, 0) is 31.1 Å². The lowest BCUT2D eigenvalue weighted by Gasteiger charge is -2.39. The van der Waals surface area contributed by atoms with Crippen LogP contribution in [0.4, 0.5) is 0 Å². The van der Waals surface area contributed by atoms with Gasteiger partial charge in [0.1, 0.15) is 0 Å². The SMILES string of the molecule is CCC1NC(=O)CCC1N1CC2C(=CC=CC2(C)CCCCO)C1=O. The summed E-state index contributed by atoms with van der Waals surface area (Å²) >= 11 is 0. The number of allylic oxidation sites excluding steroid dienone is 3. The van der Waals surface area contributed by atoms with Gasteiger partial charge in [-0.3, -0.25) is 9.59 Å². The zero-order valence-electron chi connectivity index (χ0n) is 15.3. The van der Waals surface area contributed by atoms with Crippen molar-refractivity contribution in [3.05, 3.63) is 23.8 Å². The van der Waals surface area contributed by atoms with Crippen molar-refractivity contribution < 1.29 is 14.7 Å². The van der Waals surface area contributed by atoms with E-state index in [-0.39, 0.29) is 41.8 Å². The van der Waals surface area contributed by atoms with Crippen LogP contribution in [-0.4, -0.2) is 47.1 Å². The quantitative estimate of drug-likeness (QED) is 0.724. The highest BCUT2D eigenvalue weighted by atomic mass is 16.3. The third kappa shape index (κ3) is 3.39. The van der Waals surface area contributed by atoms with Gasteiger partial charge >= 0.3 is 0 Å². The van der Waals surface area contributed by atoms with E-state index in [0.29, 0.717) is 6.42 Å². The van der Waals surface area contributed by atoms with E-state index >= 15 is 0 Å². The van der Waals surface area contributed by atoms with E-state index in [2.05, 4.69) is 25.2 Å². The maximum absolute atomic E-state index is 13.1. The molecule has 4 unspecified atom stereocenters. The van der Waals surface area contributed by atoms with Gasteiger partial charge < -0.3 is 15.3 Å². The van der Waals surface area contributed by atoms with E-state index in [9.17, 15) is 9.59 Å². The molecule has 0 radical (unpaired) electrons. The molecule has 0 bridgehead atoms. The Morgan fingerprint density at radius 1 is 1.36 bits per heavy atom. The van der Waals surface area contributed by atoms with Gasteiger partial charge in [0.25, 0.3) is 5.91 Å². The molecular formula is C20H30N2O3. The van der Waals surface area contributed by atoms with Gasteiger partial charge in [-0.25, -0.2) is 0 Å². The Hall–Kier alpha value is -1.62. The molecule has 25 heavy (non-hydrogen) atoms. The first-order valence-corrected chi connectivity index (χ1v) is 9.60. The fourth-order valence-corrected chi connectivity index (χ4v) is 4.70. The molecule has 0 aromatic rings. The van der Waals surface area contributed by atoms with Crippen LogP contribution in [0.1, 0.15) is 52.4 Å². The Bertz CT molecular complexity index is 598. The van der Waals surface area contributed by atoms with Crippen LogP contribution >= 0.6 is 0 Å². The predicted octanol–water partition coefficient (Wildman–Crippen LogP) is 2.17. The first kappa shape index (κ1) is 18.2. The molecule has 1 aliphatic carbocycles. The third-order valence-electron chi connectivity index (χ3n) is 6.25. The number of unbranched alkanes of at least 4 members (excludes halogenated alkanes) is 1. The van der Waals surface area contributed by atoms with E-state index in [1.165, 1.54) is 0 Å². The van der Waals surface area contributed by atoms with Crippen molar-refractivity contribution in [2.45, 2.75) is 64.5 Å². The average Bonchev–Trinajstić information content (AvgIpc) is 2.94. The normalized spacial score (nSPS) is 34.8. The average molecular weight is 346 g/mol. The number of piperidine rings is 1. The highest BCUT2D eigenvalue weighted by molar-refractivity contribution is 5.97. The summed E-state index contributed by atoms with van der Waals surface area (Å²) in [6.45, 7) is 5.26. The molecule has 4 atom stereocenters. The maximum atomic E-state index is 13.1. The number of hydrogen-bond acceptors (Lipinski definition) is 3. The van der Waals surface area contributed by atoms with Crippen molar-refractivity contribution in [1.29, 1.82) is 0 Å². The smallest absolute Gasteiger partial charge is 0.250 e. The zero-order valence-corrected chi connectivity index (χ0v) is 15.3. The number of fused-ring (bicyclic) bond motifs is 1. The summed E-state index contributed by atoms with van der Waals surface area (Å²) in [6, 6.07) is 0.156. The van der Waals surface area contributed by atoms with Crippen molar-refractivity contribution in [3.63, 3.8) is 0 Å². The molecule has 0 aromatic heterocycles. The maximum Gasteiger partial charge on any atom is 0.250 e. The molecule has 3 aliphatic rings. The van der Waals surface area contributed by atoms with Gasteiger partial charge in [0, 0.05) is 37.1 Å². The molecule has 0 aromatic carbocycles. The number of carbonyl (C=O) groups is 2. The standard InChI is InChI=1S/C20H30N2O3/c1-3-16-17(8-9-18(24)21-16)22-13-15-14(19(22)25)7-6-11-20(15,2)10-4-5-12-23/h6-7,11,15-17,23H,3-5,8-10,12-13H2,1-2H3,(H,21,24). The Kier molecular flexibility index (Phi) is 5.32. The van der Waals surface area contributed by atoms with Crippen molar-refractivity contribution in [3.8, 4) is 0 Å². The number of hydrogen-bond donors (Lipinski definition) is 2. The van der Waals surface area contributed by atoms with Crippen LogP contribution in [0.25, 0.3) is 0 Å². The minimum absolute atomic E-state index is 0.0384. The molecule has 5 heteroatoms. The van der Waals surface area contributed by atoms with E-state index in [1.54, 1.807) is 0 Å². The number of nitrogens with zero attached hydrogens (tertiary/aromatic N) is 1. The number of likely N-dealkylation sites (tertiary alicyclic amines) is 1. The van der Waals surface area contributed by atoms with Crippen LogP contribution in [-0.2, 0) is 9.59 Å². The van der Waals surface area contributed by atoms with Crippen molar-refractivity contribution >= 4 is 11.8 Å². The summed E-state index contributed by atoms with van der Waals surface area (Å²) in [5.41, 5.74) is 0.879. The van der Waals surface area contributed by atoms with E-state index < -0.39 is 0 Å². The van der Waals surface area contributed by atoms with Gasteiger partial charge in [-0.15, -0.1) is 0 Å². The second-order valence-corrected chi connectivity index (χ2v) is 7.87. The van der Waals surface area contributed by atoms with Gasteiger partial charge in [-0.1, -0.05) is 38.5 Å². The van der Waals surface area contributed by atoms with E-state index in [4.69, 9.17) is 5.11 Å². The van der Waals surface area contributed by atoms with Crippen molar-refractivity contribution in [2.24, 2.45) is 11.3 Å². The van der Waals surface area contributed by atoms with Crippen LogP contribution in [0, 0.1) is 11.3 Å². The molecular weight excluding hydrogens is 316 g/mol. The fourth-order valence-electron chi connectivity index (χ4n) is 4.70. The van der Waals surface area contributed by atoms with Crippen LogP contribution < -0.4 is 5.32 Å². The first-order valence-electron chi connectivity index (χ1n) is 9.60. The number of aliphatic hydroxyl groups is 1. The van der Waals surface area contributed by atoms with Crippen LogP contribution in [0.5, 0.6) is 0 Å². The largest absolute Gasteiger partial charge is 0.396 e. The molecule has 2 aliphatic heterocycles. The Morgan fingerprint density at radius 2 is 2.16 bits per heavy atom. The molecule has 5 nitrogen and oxygen atoms in total. The number of aliphatic hydroxyl groups excluding tert-OH is 1. The van der Waals surface area contributed by atoms with Gasteiger partial charge in [0.15, 0.2) is 0 Å². The molecule has 138 valence electrons. The number of carbonyl (C=O) groups excluding carboxylic acids is 2. The fraction of sp³-hybridized carbons (Fsp3) is 0.700. The van der Waals surface area contributed by atoms with E-state index in [0.717, 1.165) is 44.2 Å². The molecule has 2 N–H and O–H groups in total. The van der Waals surface area contributed by atoms with E-state index in [1.807, 2.05) is 17.1 Å². The summed E-state index contributed by atoms with van der Waals surface area (Å²) < 4.78 is 0. The topological polar surface area (TPSA) is 69.6 Å². The lowest BCUT2D eigenvalue weighted by atomic mass is 9.69. The molecule has 2 amide bonds. The number of nitrogens with one attached hydrogen (secondary N) is 1. The summed E-state index contributed by atoms with van der Waals surface area (Å²) in [7, 11) is 0. The Labute approximate surface area is 150 Å². The Morgan fingerprint density at radius 3 is 2.88 bits per heavy atom. The summed E-state index contributed by atoms with van der Waals surface area (Å²) in [5, 5.41) is 12.1. The molecule has 2 saturated heterocycles. The molecule has 2 fully saturated rings. The number of rotatable bonds is 6. The highest BCUT2D eigenvalue weighted by Gasteiger charge is 2.48. The molecule has 2 heterocycles. The first-order chi connectivity index (χ1) is 12.0. The lowest BCUT2D eigenvalue weighted by molar-refractivity contribution is -0.132. The Balaban J connectivity index is 1.78. The van der Waals surface area contributed by atoms with Crippen LogP contribution in [0.3, 0.4) is 0 Å². The predicted molar refractivity (Wildman–Crippen MR) is 96.7 cm³/mol. The summed E-state index contributed by atoms with van der Waals surface area (Å²) in [4.78, 5) is 26.8. The lowest BCUT2D eigenvalue weighted by Crippen LogP contribution is -2.55. The minimum atomic E-state index is -0.0384. The van der Waals surface area contributed by atoms with Crippen LogP contribution in [0.2, 0.25) is 0 Å². The minimum Gasteiger partial charge on any atom is -0.396 e. The van der Waals surface area contributed by atoms with Crippen molar-refractivity contribution in [1.82, 2.24) is 10.2 Å². The molecule has 0 spiro atoms. The molecule has 0 saturated carbocycles. The summed E-state index contributed by atoms with van der Waals surface area (Å²) in [6.07, 6.45) is 11.1. The zero-order chi connectivity index (χ0) is 18.0. The highest BCUT2D eigenvalue weighted by Crippen LogP contribution is 2.46.